The van der Waals surface area contributed by atoms with E-state index in [1.807, 2.05) is 0 Å². The molecule has 2 heterocycles. The third-order valence-electron chi connectivity index (χ3n) is 6.60. The number of fused-ring (bicyclic) bond motifs is 1. The van der Waals surface area contributed by atoms with Crippen molar-refractivity contribution in [2.24, 2.45) is 11.8 Å². The summed E-state index contributed by atoms with van der Waals surface area (Å²) in [5, 5.41) is 0. The van der Waals surface area contributed by atoms with Gasteiger partial charge in [0.1, 0.15) is 0 Å². The van der Waals surface area contributed by atoms with Gasteiger partial charge in [-0.2, -0.15) is 8.42 Å². The molecule has 6 heteroatoms. The maximum absolute atomic E-state index is 11.9. The van der Waals surface area contributed by atoms with Gasteiger partial charge in [-0.1, -0.05) is 25.7 Å². The highest BCUT2D eigenvalue weighted by molar-refractivity contribution is 7.87. The molecule has 2 saturated carbocycles. The largest absolute Gasteiger partial charge is 0.323 e. The van der Waals surface area contributed by atoms with Crippen molar-refractivity contribution < 1.29 is 8.42 Å². The van der Waals surface area contributed by atoms with E-state index in [2.05, 4.69) is 9.62 Å². The van der Waals surface area contributed by atoms with Crippen molar-refractivity contribution in [1.29, 1.82) is 0 Å². The van der Waals surface area contributed by atoms with Crippen LogP contribution in [0, 0.1) is 11.8 Å². The smallest absolute Gasteiger partial charge is 0.300 e. The third-order valence-corrected chi connectivity index (χ3v) is 8.01. The molecule has 3 atom stereocenters. The summed E-state index contributed by atoms with van der Waals surface area (Å²) in [5.41, 5.74) is 0. The maximum atomic E-state index is 11.9. The molecule has 0 amide bonds. The number of nitrogens with one attached hydrogen (secondary N) is 1. The summed E-state index contributed by atoms with van der Waals surface area (Å²) in [6.45, 7) is 2.10. The van der Waals surface area contributed by atoms with E-state index in [1.54, 1.807) is 6.20 Å². The van der Waals surface area contributed by atoms with Crippen molar-refractivity contribution in [1.82, 2.24) is 13.9 Å². The Bertz CT molecular complexity index is 554. The van der Waals surface area contributed by atoms with Gasteiger partial charge in [-0.25, -0.2) is 0 Å². The quantitative estimate of drug-likeness (QED) is 0.841. The van der Waals surface area contributed by atoms with E-state index < -0.39 is 10.2 Å². The number of hydrogen-bond acceptors (Lipinski definition) is 3. The minimum absolute atomic E-state index is 0.133. The lowest BCUT2D eigenvalue weighted by atomic mass is 9.69. The highest BCUT2D eigenvalue weighted by atomic mass is 32.2. The van der Waals surface area contributed by atoms with Crippen molar-refractivity contribution >= 4 is 10.2 Å². The Kier molecular flexibility index (Phi) is 4.30. The van der Waals surface area contributed by atoms with Crippen LogP contribution in [0.1, 0.15) is 57.8 Å². The van der Waals surface area contributed by atoms with Crippen LogP contribution in [0.3, 0.4) is 0 Å². The van der Waals surface area contributed by atoms with Gasteiger partial charge in [0, 0.05) is 37.6 Å². The van der Waals surface area contributed by atoms with E-state index in [1.165, 1.54) is 55.5 Å². The molecule has 2 aliphatic heterocycles. The lowest BCUT2D eigenvalue weighted by molar-refractivity contribution is 0.0524. The fourth-order valence-electron chi connectivity index (χ4n) is 5.33. The van der Waals surface area contributed by atoms with Gasteiger partial charge < -0.3 is 4.90 Å². The van der Waals surface area contributed by atoms with E-state index in [4.69, 9.17) is 0 Å². The SMILES string of the molecule is O=S1(=O)NC=CN1C1CCN(C2CCC3CCCCC3C2)CC1. The van der Waals surface area contributed by atoms with E-state index in [-0.39, 0.29) is 6.04 Å². The molecule has 1 N–H and O–H groups in total. The van der Waals surface area contributed by atoms with Gasteiger partial charge in [-0.05, 0) is 43.9 Å². The molecule has 3 unspecified atom stereocenters. The normalized spacial score (nSPS) is 38.3. The average molecular weight is 340 g/mol. The van der Waals surface area contributed by atoms with E-state index >= 15 is 0 Å². The number of piperidine rings is 1. The number of nitrogens with zero attached hydrogens (tertiary/aromatic N) is 2. The molecule has 0 bridgehead atoms. The van der Waals surface area contributed by atoms with Crippen LogP contribution < -0.4 is 4.72 Å². The zero-order valence-electron chi connectivity index (χ0n) is 13.9. The Labute approximate surface area is 140 Å². The summed E-state index contributed by atoms with van der Waals surface area (Å²) in [6.07, 6.45) is 15.1. The van der Waals surface area contributed by atoms with Crippen LogP contribution in [0.4, 0.5) is 0 Å². The molecule has 0 spiro atoms. The Balaban J connectivity index is 1.32. The first-order chi connectivity index (χ1) is 11.1. The summed E-state index contributed by atoms with van der Waals surface area (Å²) >= 11 is 0. The first-order valence-corrected chi connectivity index (χ1v) is 10.8. The molecule has 5 nitrogen and oxygen atoms in total. The summed E-state index contributed by atoms with van der Waals surface area (Å²) in [7, 11) is -3.29. The zero-order chi connectivity index (χ0) is 15.9. The molecule has 4 rings (SSSR count). The molecule has 2 aliphatic carbocycles. The van der Waals surface area contributed by atoms with E-state index in [0.29, 0.717) is 0 Å². The first kappa shape index (κ1) is 15.8. The number of rotatable bonds is 2. The van der Waals surface area contributed by atoms with Crippen LogP contribution in [0.15, 0.2) is 12.4 Å². The van der Waals surface area contributed by atoms with Crippen molar-refractivity contribution in [2.45, 2.75) is 69.9 Å². The third kappa shape index (κ3) is 3.12. The minimum Gasteiger partial charge on any atom is -0.300 e. The highest BCUT2D eigenvalue weighted by Gasteiger charge is 2.37. The van der Waals surface area contributed by atoms with Crippen molar-refractivity contribution in [3.05, 3.63) is 12.4 Å². The van der Waals surface area contributed by atoms with Crippen molar-refractivity contribution in [2.75, 3.05) is 13.1 Å². The van der Waals surface area contributed by atoms with Gasteiger partial charge in [0.15, 0.2) is 0 Å². The number of hydrogen-bond donors (Lipinski definition) is 1. The Morgan fingerprint density at radius 2 is 1.61 bits per heavy atom. The Morgan fingerprint density at radius 1 is 0.870 bits per heavy atom. The van der Waals surface area contributed by atoms with Crippen LogP contribution in [-0.2, 0) is 10.2 Å². The van der Waals surface area contributed by atoms with Gasteiger partial charge in [0.05, 0.1) is 0 Å². The summed E-state index contributed by atoms with van der Waals surface area (Å²) in [4.78, 5) is 2.65. The maximum Gasteiger partial charge on any atom is 0.323 e. The first-order valence-electron chi connectivity index (χ1n) is 9.35. The second kappa shape index (κ2) is 6.28. The van der Waals surface area contributed by atoms with Crippen LogP contribution in [0.25, 0.3) is 0 Å². The van der Waals surface area contributed by atoms with Crippen molar-refractivity contribution in [3.8, 4) is 0 Å². The molecular formula is C17H29N3O2S. The lowest BCUT2D eigenvalue weighted by Gasteiger charge is -2.46. The molecule has 0 aromatic carbocycles. The van der Waals surface area contributed by atoms with Crippen LogP contribution >= 0.6 is 0 Å². The predicted molar refractivity (Wildman–Crippen MR) is 90.7 cm³/mol. The van der Waals surface area contributed by atoms with Gasteiger partial charge in [-0.15, -0.1) is 0 Å². The summed E-state index contributed by atoms with van der Waals surface area (Å²) < 4.78 is 27.9. The van der Waals surface area contributed by atoms with Gasteiger partial charge in [-0.3, -0.25) is 9.03 Å². The van der Waals surface area contributed by atoms with Crippen LogP contribution in [0.2, 0.25) is 0 Å². The molecule has 0 radical (unpaired) electrons. The van der Waals surface area contributed by atoms with Gasteiger partial charge in [0.2, 0.25) is 0 Å². The number of likely N-dealkylation sites (tertiary alicyclic amines) is 1. The average Bonchev–Trinajstić information content (AvgIpc) is 2.94. The molecule has 4 aliphatic rings. The van der Waals surface area contributed by atoms with Gasteiger partial charge in [0.25, 0.3) is 0 Å². The van der Waals surface area contributed by atoms with Crippen LogP contribution in [0.5, 0.6) is 0 Å². The topological polar surface area (TPSA) is 52.7 Å². The molecule has 23 heavy (non-hydrogen) atoms. The second-order valence-electron chi connectivity index (χ2n) is 7.81. The standard InChI is InChI=1S/C17H29N3O2S/c21-23(22)18-9-12-20(23)16-7-10-19(11-8-16)17-6-5-14-3-1-2-4-15(14)13-17/h9,12,14-18H,1-8,10-11,13H2. The highest BCUT2D eigenvalue weighted by Crippen LogP contribution is 2.42. The lowest BCUT2D eigenvalue weighted by Crippen LogP contribution is -2.50. The predicted octanol–water partition coefficient (Wildman–Crippen LogP) is 2.43. The fraction of sp³-hybridized carbons (Fsp3) is 0.882. The monoisotopic (exact) mass is 339 g/mol. The van der Waals surface area contributed by atoms with Crippen LogP contribution in [-0.4, -0.2) is 42.8 Å². The summed E-state index contributed by atoms with van der Waals surface area (Å²) in [5.74, 6) is 1.97. The Morgan fingerprint density at radius 3 is 2.30 bits per heavy atom. The molecule has 0 aromatic heterocycles. The molecule has 3 fully saturated rings. The molecular weight excluding hydrogens is 310 g/mol. The molecule has 0 aromatic rings. The minimum atomic E-state index is -3.29. The van der Waals surface area contributed by atoms with Gasteiger partial charge >= 0.3 is 10.2 Å². The zero-order valence-corrected chi connectivity index (χ0v) is 14.7. The molecule has 130 valence electrons. The van der Waals surface area contributed by atoms with Crippen molar-refractivity contribution in [3.63, 3.8) is 0 Å². The van der Waals surface area contributed by atoms with E-state index in [0.717, 1.165) is 43.8 Å². The summed E-state index contributed by atoms with van der Waals surface area (Å²) in [6, 6.07) is 0.882. The fourth-order valence-corrected chi connectivity index (χ4v) is 6.51. The van der Waals surface area contributed by atoms with E-state index in [9.17, 15) is 8.42 Å². The Hall–Kier alpha value is -0.750. The second-order valence-corrected chi connectivity index (χ2v) is 9.41. The molecule has 1 saturated heterocycles.